The second-order valence-electron chi connectivity index (χ2n) is 5.79. The standard InChI is InChI=1S/C18H20BrN3O2/c1-12-2-4-14(20)11-15(12)18(23)21-16-10-13(19)3-5-17(16)22-6-8-24-9-7-22/h2-5,10-11H,6-9,20H2,1H3,(H,21,23). The highest BCUT2D eigenvalue weighted by atomic mass is 79.9. The summed E-state index contributed by atoms with van der Waals surface area (Å²) >= 11 is 3.48. The monoisotopic (exact) mass is 389 g/mol. The van der Waals surface area contributed by atoms with Gasteiger partial charge in [-0.05, 0) is 42.8 Å². The van der Waals surface area contributed by atoms with Crippen molar-refractivity contribution < 1.29 is 9.53 Å². The molecule has 2 aromatic carbocycles. The zero-order chi connectivity index (χ0) is 17.1. The van der Waals surface area contributed by atoms with Crippen LogP contribution in [0.3, 0.4) is 0 Å². The number of nitrogen functional groups attached to an aromatic ring is 1. The largest absolute Gasteiger partial charge is 0.399 e. The molecule has 0 aromatic heterocycles. The molecule has 24 heavy (non-hydrogen) atoms. The summed E-state index contributed by atoms with van der Waals surface area (Å²) < 4.78 is 6.33. The zero-order valence-electron chi connectivity index (χ0n) is 13.5. The third-order valence-corrected chi connectivity index (χ3v) is 4.56. The van der Waals surface area contributed by atoms with E-state index < -0.39 is 0 Å². The Kier molecular flexibility index (Phi) is 5.06. The van der Waals surface area contributed by atoms with Crippen LogP contribution < -0.4 is 16.0 Å². The number of aryl methyl sites for hydroxylation is 1. The molecule has 0 bridgehead atoms. The Balaban J connectivity index is 1.89. The SMILES string of the molecule is Cc1ccc(N)cc1C(=O)Nc1cc(Br)ccc1N1CCOCC1. The first kappa shape index (κ1) is 16.8. The number of hydrogen-bond donors (Lipinski definition) is 2. The van der Waals surface area contributed by atoms with Gasteiger partial charge in [-0.15, -0.1) is 0 Å². The summed E-state index contributed by atoms with van der Waals surface area (Å²) in [4.78, 5) is 14.9. The quantitative estimate of drug-likeness (QED) is 0.789. The summed E-state index contributed by atoms with van der Waals surface area (Å²) in [5.41, 5.74) is 9.65. The van der Waals surface area contributed by atoms with Crippen LogP contribution in [0.2, 0.25) is 0 Å². The van der Waals surface area contributed by atoms with Crippen molar-refractivity contribution in [3.05, 3.63) is 52.0 Å². The van der Waals surface area contributed by atoms with Gasteiger partial charge in [-0.3, -0.25) is 4.79 Å². The maximum Gasteiger partial charge on any atom is 0.256 e. The molecule has 6 heteroatoms. The summed E-state index contributed by atoms with van der Waals surface area (Å²) in [5.74, 6) is -0.160. The van der Waals surface area contributed by atoms with Crippen LogP contribution in [0.25, 0.3) is 0 Å². The van der Waals surface area contributed by atoms with Crippen molar-refractivity contribution in [3.8, 4) is 0 Å². The van der Waals surface area contributed by atoms with Gasteiger partial charge in [0.2, 0.25) is 0 Å². The van der Waals surface area contributed by atoms with Crippen LogP contribution in [0.15, 0.2) is 40.9 Å². The molecule has 2 aromatic rings. The minimum Gasteiger partial charge on any atom is -0.399 e. The van der Waals surface area contributed by atoms with E-state index in [2.05, 4.69) is 26.1 Å². The topological polar surface area (TPSA) is 67.6 Å². The van der Waals surface area contributed by atoms with Gasteiger partial charge in [0.1, 0.15) is 0 Å². The summed E-state index contributed by atoms with van der Waals surface area (Å²) in [7, 11) is 0. The summed E-state index contributed by atoms with van der Waals surface area (Å²) in [5, 5.41) is 3.03. The van der Waals surface area contributed by atoms with Crippen LogP contribution in [0.5, 0.6) is 0 Å². The predicted octanol–water partition coefficient (Wildman–Crippen LogP) is 3.43. The van der Waals surface area contributed by atoms with E-state index in [-0.39, 0.29) is 5.91 Å². The average molecular weight is 390 g/mol. The lowest BCUT2D eigenvalue weighted by Gasteiger charge is -2.30. The van der Waals surface area contributed by atoms with E-state index in [1.54, 1.807) is 12.1 Å². The van der Waals surface area contributed by atoms with Gasteiger partial charge in [-0.25, -0.2) is 0 Å². The fraction of sp³-hybridized carbons (Fsp3) is 0.278. The van der Waals surface area contributed by atoms with E-state index in [0.29, 0.717) is 24.5 Å². The Hall–Kier alpha value is -2.05. The summed E-state index contributed by atoms with van der Waals surface area (Å²) in [6.07, 6.45) is 0. The van der Waals surface area contributed by atoms with Crippen molar-refractivity contribution in [1.82, 2.24) is 0 Å². The molecule has 1 aliphatic heterocycles. The van der Waals surface area contributed by atoms with Gasteiger partial charge in [0.25, 0.3) is 5.91 Å². The molecule has 1 heterocycles. The van der Waals surface area contributed by atoms with Gasteiger partial charge < -0.3 is 20.7 Å². The molecular formula is C18H20BrN3O2. The number of ether oxygens (including phenoxy) is 1. The smallest absolute Gasteiger partial charge is 0.256 e. The molecule has 1 saturated heterocycles. The van der Waals surface area contributed by atoms with Crippen LogP contribution in [0.4, 0.5) is 17.1 Å². The fourth-order valence-electron chi connectivity index (χ4n) is 2.76. The lowest BCUT2D eigenvalue weighted by Crippen LogP contribution is -2.36. The maximum atomic E-state index is 12.7. The van der Waals surface area contributed by atoms with E-state index in [1.165, 1.54) is 0 Å². The van der Waals surface area contributed by atoms with Gasteiger partial charge in [-0.2, -0.15) is 0 Å². The Morgan fingerprint density at radius 3 is 2.71 bits per heavy atom. The van der Waals surface area contributed by atoms with Crippen molar-refractivity contribution >= 4 is 38.9 Å². The van der Waals surface area contributed by atoms with Gasteiger partial charge in [0.05, 0.1) is 24.6 Å². The molecule has 3 rings (SSSR count). The minimum atomic E-state index is -0.160. The number of carbonyl (C=O) groups excluding carboxylic acids is 1. The van der Waals surface area contributed by atoms with Gasteiger partial charge >= 0.3 is 0 Å². The minimum absolute atomic E-state index is 0.160. The van der Waals surface area contributed by atoms with Crippen molar-refractivity contribution in [2.75, 3.05) is 42.3 Å². The number of amides is 1. The van der Waals surface area contributed by atoms with E-state index >= 15 is 0 Å². The first-order valence-electron chi connectivity index (χ1n) is 7.84. The Morgan fingerprint density at radius 1 is 1.21 bits per heavy atom. The highest BCUT2D eigenvalue weighted by Gasteiger charge is 2.18. The predicted molar refractivity (Wildman–Crippen MR) is 101 cm³/mol. The molecule has 0 aliphatic carbocycles. The second-order valence-corrected chi connectivity index (χ2v) is 6.71. The number of benzene rings is 2. The molecule has 0 radical (unpaired) electrons. The number of carbonyl (C=O) groups is 1. The van der Waals surface area contributed by atoms with Crippen molar-refractivity contribution in [1.29, 1.82) is 0 Å². The lowest BCUT2D eigenvalue weighted by molar-refractivity contribution is 0.102. The number of rotatable bonds is 3. The highest BCUT2D eigenvalue weighted by Crippen LogP contribution is 2.30. The number of nitrogens with zero attached hydrogens (tertiary/aromatic N) is 1. The Labute approximate surface area is 149 Å². The van der Waals surface area contributed by atoms with Gasteiger partial charge in [0, 0.05) is 28.8 Å². The molecule has 1 aliphatic rings. The molecular weight excluding hydrogens is 370 g/mol. The van der Waals surface area contributed by atoms with Crippen molar-refractivity contribution in [2.45, 2.75) is 6.92 Å². The average Bonchev–Trinajstić information content (AvgIpc) is 2.58. The summed E-state index contributed by atoms with van der Waals surface area (Å²) in [6, 6.07) is 11.3. The van der Waals surface area contributed by atoms with Crippen molar-refractivity contribution in [3.63, 3.8) is 0 Å². The first-order valence-corrected chi connectivity index (χ1v) is 8.63. The first-order chi connectivity index (χ1) is 11.5. The van der Waals surface area contributed by atoms with Crippen molar-refractivity contribution in [2.24, 2.45) is 0 Å². The number of halogens is 1. The zero-order valence-corrected chi connectivity index (χ0v) is 15.1. The van der Waals surface area contributed by atoms with Crippen LogP contribution in [-0.4, -0.2) is 32.2 Å². The maximum absolute atomic E-state index is 12.7. The molecule has 3 N–H and O–H groups in total. The third-order valence-electron chi connectivity index (χ3n) is 4.06. The van der Waals surface area contributed by atoms with E-state index in [9.17, 15) is 4.79 Å². The van der Waals surface area contributed by atoms with Gasteiger partial charge in [-0.1, -0.05) is 22.0 Å². The van der Waals surface area contributed by atoms with E-state index in [0.717, 1.165) is 34.5 Å². The normalized spacial score (nSPS) is 14.5. The second kappa shape index (κ2) is 7.23. The molecule has 126 valence electrons. The molecule has 1 fully saturated rings. The lowest BCUT2D eigenvalue weighted by atomic mass is 10.1. The molecule has 0 saturated carbocycles. The molecule has 1 amide bonds. The molecule has 0 atom stereocenters. The number of hydrogen-bond acceptors (Lipinski definition) is 4. The highest BCUT2D eigenvalue weighted by molar-refractivity contribution is 9.10. The van der Waals surface area contributed by atoms with Gasteiger partial charge in [0.15, 0.2) is 0 Å². The summed E-state index contributed by atoms with van der Waals surface area (Å²) in [6.45, 7) is 4.90. The number of anilines is 3. The van der Waals surface area contributed by atoms with Crippen LogP contribution in [0, 0.1) is 6.92 Å². The Bertz CT molecular complexity index is 758. The van der Waals surface area contributed by atoms with Crippen LogP contribution in [0.1, 0.15) is 15.9 Å². The number of nitrogens with two attached hydrogens (primary N) is 1. The van der Waals surface area contributed by atoms with E-state index in [4.69, 9.17) is 10.5 Å². The fourth-order valence-corrected chi connectivity index (χ4v) is 3.12. The van der Waals surface area contributed by atoms with Crippen LogP contribution in [-0.2, 0) is 4.74 Å². The molecule has 0 unspecified atom stereocenters. The number of nitrogens with one attached hydrogen (secondary N) is 1. The van der Waals surface area contributed by atoms with E-state index in [1.807, 2.05) is 31.2 Å². The molecule has 5 nitrogen and oxygen atoms in total. The Morgan fingerprint density at radius 2 is 1.96 bits per heavy atom. The molecule has 0 spiro atoms. The third kappa shape index (κ3) is 3.71. The van der Waals surface area contributed by atoms with Crippen LogP contribution >= 0.6 is 15.9 Å². The number of morpholine rings is 1.